The van der Waals surface area contributed by atoms with Gasteiger partial charge in [0.25, 0.3) is 17.3 Å². The summed E-state index contributed by atoms with van der Waals surface area (Å²) in [5.74, 6) is -0.531. The molecule has 0 atom stereocenters. The Labute approximate surface area is 191 Å². The maximum Gasteiger partial charge on any atom is 0.280 e. The van der Waals surface area contributed by atoms with Crippen molar-refractivity contribution in [3.63, 3.8) is 0 Å². The van der Waals surface area contributed by atoms with Crippen molar-refractivity contribution in [1.29, 1.82) is 0 Å². The summed E-state index contributed by atoms with van der Waals surface area (Å²) in [7, 11) is 0. The molecule has 31 heavy (non-hydrogen) atoms. The molecule has 1 amide bonds. The molecular formula is C19H11Br2N5O5. The standard InChI is InChI=1S/C19H11Br2N5O5/c20-15-10-13(25(28)29)6-8-17(15)22-23-24(19(27)12-4-2-1-3-5-12)18-9-7-14(26(30)31)11-16(18)21/h1-11H. The number of nitrogens with zero attached hydrogens (tertiary/aromatic N) is 5. The van der Waals surface area contributed by atoms with Crippen LogP contribution >= 0.6 is 31.9 Å². The first kappa shape index (κ1) is 22.2. The molecule has 0 unspecified atom stereocenters. The third-order valence-electron chi connectivity index (χ3n) is 3.97. The van der Waals surface area contributed by atoms with Gasteiger partial charge in [-0.15, -0.1) is 5.11 Å². The molecule has 3 aromatic carbocycles. The summed E-state index contributed by atoms with van der Waals surface area (Å²) in [4.78, 5) is 33.9. The van der Waals surface area contributed by atoms with E-state index in [1.165, 1.54) is 36.4 Å². The number of nitro groups is 2. The summed E-state index contributed by atoms with van der Waals surface area (Å²) in [6, 6.07) is 16.0. The number of amides is 1. The van der Waals surface area contributed by atoms with E-state index in [1.54, 1.807) is 30.3 Å². The van der Waals surface area contributed by atoms with Gasteiger partial charge in [-0.05, 0) is 56.1 Å². The highest BCUT2D eigenvalue weighted by Gasteiger charge is 2.22. The molecule has 3 rings (SSSR count). The number of non-ortho nitro benzene ring substituents is 2. The van der Waals surface area contributed by atoms with Crippen LogP contribution in [-0.2, 0) is 0 Å². The number of carbonyl (C=O) groups excluding carboxylic acids is 1. The third-order valence-corrected chi connectivity index (χ3v) is 5.24. The predicted octanol–water partition coefficient (Wildman–Crippen LogP) is 6.37. The lowest BCUT2D eigenvalue weighted by Crippen LogP contribution is -2.25. The van der Waals surface area contributed by atoms with Crippen molar-refractivity contribution in [2.75, 3.05) is 5.01 Å². The first-order valence-corrected chi connectivity index (χ1v) is 10.1. The fourth-order valence-corrected chi connectivity index (χ4v) is 3.45. The molecule has 0 heterocycles. The van der Waals surface area contributed by atoms with Crippen molar-refractivity contribution >= 4 is 60.5 Å². The molecule has 0 radical (unpaired) electrons. The van der Waals surface area contributed by atoms with Crippen LogP contribution in [0, 0.1) is 20.2 Å². The SMILES string of the molecule is O=C(c1ccccc1)N(N=Nc1ccc([N+](=O)[O-])cc1Br)c1ccc([N+](=O)[O-])cc1Br. The topological polar surface area (TPSA) is 131 Å². The number of anilines is 1. The van der Waals surface area contributed by atoms with Crippen LogP contribution in [-0.4, -0.2) is 15.8 Å². The van der Waals surface area contributed by atoms with Crippen LogP contribution in [0.2, 0.25) is 0 Å². The molecule has 0 N–H and O–H groups in total. The maximum atomic E-state index is 13.1. The minimum atomic E-state index is -0.562. The average Bonchev–Trinajstić information content (AvgIpc) is 2.75. The number of carbonyl (C=O) groups is 1. The molecule has 0 saturated heterocycles. The highest BCUT2D eigenvalue weighted by atomic mass is 79.9. The highest BCUT2D eigenvalue weighted by molar-refractivity contribution is 9.11. The molecule has 0 aliphatic rings. The second kappa shape index (κ2) is 9.53. The maximum absolute atomic E-state index is 13.1. The quantitative estimate of drug-likeness (QED) is 0.200. The summed E-state index contributed by atoms with van der Waals surface area (Å²) in [6.45, 7) is 0. The van der Waals surface area contributed by atoms with Crippen molar-refractivity contribution in [1.82, 2.24) is 0 Å². The average molecular weight is 549 g/mol. The molecule has 12 heteroatoms. The van der Waals surface area contributed by atoms with E-state index in [-0.39, 0.29) is 27.2 Å². The number of benzene rings is 3. The summed E-state index contributed by atoms with van der Waals surface area (Å²) < 4.78 is 0.563. The van der Waals surface area contributed by atoms with E-state index in [0.29, 0.717) is 10.0 Å². The predicted molar refractivity (Wildman–Crippen MR) is 119 cm³/mol. The Morgan fingerprint density at radius 1 is 0.839 bits per heavy atom. The Hall–Kier alpha value is -3.51. The van der Waals surface area contributed by atoms with E-state index in [4.69, 9.17) is 0 Å². The van der Waals surface area contributed by atoms with E-state index in [2.05, 4.69) is 42.2 Å². The monoisotopic (exact) mass is 547 g/mol. The molecule has 0 aliphatic carbocycles. The highest BCUT2D eigenvalue weighted by Crippen LogP contribution is 2.34. The van der Waals surface area contributed by atoms with Crippen molar-refractivity contribution in [3.05, 3.63) is 101 Å². The smallest absolute Gasteiger partial charge is 0.267 e. The lowest BCUT2D eigenvalue weighted by atomic mass is 10.2. The van der Waals surface area contributed by atoms with E-state index in [0.717, 1.165) is 5.01 Å². The zero-order valence-corrected chi connectivity index (χ0v) is 18.6. The zero-order chi connectivity index (χ0) is 22.5. The van der Waals surface area contributed by atoms with Gasteiger partial charge in [-0.1, -0.05) is 23.4 Å². The fourth-order valence-electron chi connectivity index (χ4n) is 2.47. The Kier molecular flexibility index (Phi) is 6.82. The molecule has 0 fully saturated rings. The van der Waals surface area contributed by atoms with Gasteiger partial charge in [0.15, 0.2) is 0 Å². The van der Waals surface area contributed by atoms with Crippen LogP contribution in [0.15, 0.2) is 86.0 Å². The van der Waals surface area contributed by atoms with Gasteiger partial charge < -0.3 is 0 Å². The Morgan fingerprint density at radius 2 is 1.42 bits per heavy atom. The Morgan fingerprint density at radius 3 is 1.97 bits per heavy atom. The van der Waals surface area contributed by atoms with E-state index in [9.17, 15) is 25.0 Å². The van der Waals surface area contributed by atoms with E-state index in [1.807, 2.05) is 0 Å². The van der Waals surface area contributed by atoms with Crippen molar-refractivity contribution in [3.8, 4) is 0 Å². The first-order chi connectivity index (χ1) is 14.8. The second-order valence-electron chi connectivity index (χ2n) is 5.96. The Bertz CT molecular complexity index is 1200. The number of rotatable bonds is 6. The van der Waals surface area contributed by atoms with Crippen LogP contribution in [0.1, 0.15) is 10.4 Å². The van der Waals surface area contributed by atoms with Gasteiger partial charge in [-0.25, -0.2) is 0 Å². The van der Waals surface area contributed by atoms with Crippen LogP contribution in [0.4, 0.5) is 22.7 Å². The summed E-state index contributed by atoms with van der Waals surface area (Å²) in [5, 5.41) is 31.0. The molecule has 0 aromatic heterocycles. The number of hydrogen-bond acceptors (Lipinski definition) is 7. The molecule has 0 spiro atoms. The van der Waals surface area contributed by atoms with Gasteiger partial charge in [-0.2, -0.15) is 5.01 Å². The molecule has 0 saturated carbocycles. The summed E-state index contributed by atoms with van der Waals surface area (Å²) in [6.07, 6.45) is 0. The number of nitro benzene ring substituents is 2. The van der Waals surface area contributed by atoms with Crippen LogP contribution in [0.5, 0.6) is 0 Å². The molecular weight excluding hydrogens is 538 g/mol. The lowest BCUT2D eigenvalue weighted by molar-refractivity contribution is -0.385. The molecule has 10 nitrogen and oxygen atoms in total. The molecule has 0 bridgehead atoms. The van der Waals surface area contributed by atoms with E-state index < -0.39 is 15.8 Å². The first-order valence-electron chi connectivity index (χ1n) is 8.47. The van der Waals surface area contributed by atoms with Gasteiger partial charge in [-0.3, -0.25) is 25.0 Å². The minimum Gasteiger partial charge on any atom is -0.267 e. The largest absolute Gasteiger partial charge is 0.280 e. The number of hydrogen-bond donors (Lipinski definition) is 0. The Balaban J connectivity index is 2.05. The van der Waals surface area contributed by atoms with Crippen molar-refractivity contribution in [2.45, 2.75) is 0 Å². The lowest BCUT2D eigenvalue weighted by Gasteiger charge is -2.17. The number of halogens is 2. The van der Waals surface area contributed by atoms with Gasteiger partial charge in [0.05, 0.1) is 24.5 Å². The third kappa shape index (κ3) is 5.16. The molecule has 3 aromatic rings. The van der Waals surface area contributed by atoms with Gasteiger partial charge in [0.1, 0.15) is 5.69 Å². The fraction of sp³-hybridized carbons (Fsp3) is 0. The van der Waals surface area contributed by atoms with Gasteiger partial charge in [0.2, 0.25) is 0 Å². The van der Waals surface area contributed by atoms with Crippen LogP contribution < -0.4 is 5.01 Å². The normalized spacial score (nSPS) is 10.8. The molecule has 0 aliphatic heterocycles. The van der Waals surface area contributed by atoms with Crippen LogP contribution in [0.25, 0.3) is 0 Å². The minimum absolute atomic E-state index is 0.138. The molecule has 156 valence electrons. The van der Waals surface area contributed by atoms with Crippen LogP contribution in [0.3, 0.4) is 0 Å². The van der Waals surface area contributed by atoms with Gasteiger partial charge in [0, 0.05) is 29.8 Å². The van der Waals surface area contributed by atoms with Crippen molar-refractivity contribution in [2.24, 2.45) is 10.3 Å². The zero-order valence-electron chi connectivity index (χ0n) is 15.4. The van der Waals surface area contributed by atoms with Crippen molar-refractivity contribution < 1.29 is 14.6 Å². The second-order valence-corrected chi connectivity index (χ2v) is 7.67. The van der Waals surface area contributed by atoms with E-state index >= 15 is 0 Å². The summed E-state index contributed by atoms with van der Waals surface area (Å²) in [5.41, 5.74) is 0.476. The van der Waals surface area contributed by atoms with Gasteiger partial charge >= 0.3 is 0 Å². The summed E-state index contributed by atoms with van der Waals surface area (Å²) >= 11 is 6.44.